The fourth-order valence-corrected chi connectivity index (χ4v) is 4.53. The zero-order chi connectivity index (χ0) is 20.7. The monoisotopic (exact) mass is 459 g/mol. The van der Waals surface area contributed by atoms with Crippen LogP contribution in [0.3, 0.4) is 0 Å². The van der Waals surface area contributed by atoms with E-state index in [2.05, 4.69) is 69.9 Å². The number of aryl methyl sites for hydroxylation is 1. The minimum Gasteiger partial charge on any atom is -0.323 e. The molecule has 1 aromatic heterocycles. The number of hydrogen-bond donors (Lipinski definition) is 0. The van der Waals surface area contributed by atoms with Gasteiger partial charge in [-0.1, -0.05) is 52.3 Å². The number of hydrogen-bond acceptors (Lipinski definition) is 2. The summed E-state index contributed by atoms with van der Waals surface area (Å²) in [5.41, 5.74) is 5.43. The van der Waals surface area contributed by atoms with Gasteiger partial charge in [0.05, 0.1) is 11.0 Å². The smallest absolute Gasteiger partial charge is 0.227 e. The molecule has 1 fully saturated rings. The molecular formula is C25H22BrN3O. The number of amides is 1. The molecular weight excluding hydrogens is 438 g/mol. The first-order valence-electron chi connectivity index (χ1n) is 10.1. The van der Waals surface area contributed by atoms with Crippen molar-refractivity contribution in [2.24, 2.45) is 0 Å². The number of imidazole rings is 1. The topological polar surface area (TPSA) is 38.1 Å². The van der Waals surface area contributed by atoms with Crippen molar-refractivity contribution in [1.82, 2.24) is 9.55 Å². The Labute approximate surface area is 184 Å². The molecule has 0 radical (unpaired) electrons. The molecule has 1 atom stereocenters. The Morgan fingerprint density at radius 3 is 2.63 bits per heavy atom. The number of carbonyl (C=O) groups is 1. The molecule has 150 valence electrons. The van der Waals surface area contributed by atoms with Crippen LogP contribution in [-0.2, 0) is 11.3 Å². The fraction of sp³-hybridized carbons (Fsp3) is 0.200. The fourth-order valence-electron chi connectivity index (χ4n) is 4.27. The molecule has 1 amide bonds. The van der Waals surface area contributed by atoms with Crippen molar-refractivity contribution in [3.63, 3.8) is 0 Å². The Balaban J connectivity index is 1.52. The maximum atomic E-state index is 12.9. The lowest BCUT2D eigenvalue weighted by Crippen LogP contribution is -2.24. The normalized spacial score (nSPS) is 16.5. The van der Waals surface area contributed by atoms with Crippen molar-refractivity contribution in [3.05, 3.63) is 94.2 Å². The highest BCUT2D eigenvalue weighted by atomic mass is 79.9. The van der Waals surface area contributed by atoms with Gasteiger partial charge in [-0.05, 0) is 54.4 Å². The lowest BCUT2D eigenvalue weighted by molar-refractivity contribution is -0.117. The van der Waals surface area contributed by atoms with E-state index in [1.54, 1.807) is 0 Å². The average molecular weight is 460 g/mol. The van der Waals surface area contributed by atoms with Gasteiger partial charge >= 0.3 is 0 Å². The number of rotatable bonds is 4. The minimum absolute atomic E-state index is 0.0702. The number of benzene rings is 3. The maximum Gasteiger partial charge on any atom is 0.227 e. The Kier molecular flexibility index (Phi) is 4.91. The van der Waals surface area contributed by atoms with Crippen LogP contribution in [0.25, 0.3) is 11.0 Å². The van der Waals surface area contributed by atoms with E-state index in [1.165, 1.54) is 5.56 Å². The molecule has 3 aromatic carbocycles. The molecule has 1 aliphatic heterocycles. The van der Waals surface area contributed by atoms with Crippen LogP contribution in [-0.4, -0.2) is 22.0 Å². The Morgan fingerprint density at radius 2 is 1.83 bits per heavy atom. The molecule has 0 N–H and O–H groups in total. The molecule has 4 nitrogen and oxygen atoms in total. The van der Waals surface area contributed by atoms with Crippen LogP contribution in [0.4, 0.5) is 5.69 Å². The number of halogens is 1. The Hall–Kier alpha value is -2.92. The first kappa shape index (κ1) is 19.1. The molecule has 1 saturated heterocycles. The summed E-state index contributed by atoms with van der Waals surface area (Å²) in [5, 5.41) is 0. The third-order valence-corrected chi connectivity index (χ3v) is 6.27. The second-order valence-electron chi connectivity index (χ2n) is 7.92. The molecule has 0 aliphatic carbocycles. The van der Waals surface area contributed by atoms with E-state index in [0.717, 1.165) is 39.1 Å². The highest BCUT2D eigenvalue weighted by molar-refractivity contribution is 9.10. The van der Waals surface area contributed by atoms with E-state index in [0.29, 0.717) is 13.0 Å². The molecule has 0 spiro atoms. The highest BCUT2D eigenvalue weighted by Crippen LogP contribution is 2.34. The van der Waals surface area contributed by atoms with Crippen LogP contribution in [0.15, 0.2) is 77.3 Å². The number of aromatic nitrogens is 2. The molecule has 30 heavy (non-hydrogen) atoms. The standard InChI is InChI=1S/C25H22BrN3O/c1-17-5-4-6-21(13-17)28-16-19(14-24(28)30)25-27-22-7-2-3-8-23(22)29(25)15-18-9-11-20(26)12-10-18/h2-13,19H,14-16H2,1H3. The number of carbonyl (C=O) groups excluding carboxylic acids is 1. The number of anilines is 1. The molecule has 5 rings (SSSR count). The second kappa shape index (κ2) is 7.73. The van der Waals surface area contributed by atoms with E-state index >= 15 is 0 Å². The summed E-state index contributed by atoms with van der Waals surface area (Å²) in [4.78, 5) is 19.7. The summed E-state index contributed by atoms with van der Waals surface area (Å²) in [6, 6.07) is 24.7. The van der Waals surface area contributed by atoms with Gasteiger partial charge < -0.3 is 9.47 Å². The van der Waals surface area contributed by atoms with E-state index in [4.69, 9.17) is 4.98 Å². The van der Waals surface area contributed by atoms with Crippen LogP contribution >= 0.6 is 15.9 Å². The highest BCUT2D eigenvalue weighted by Gasteiger charge is 2.34. The molecule has 4 aromatic rings. The first-order valence-corrected chi connectivity index (χ1v) is 10.9. The van der Waals surface area contributed by atoms with Gasteiger partial charge in [-0.3, -0.25) is 4.79 Å². The SMILES string of the molecule is Cc1cccc(N2CC(c3nc4ccccc4n3Cc3ccc(Br)cc3)CC2=O)c1. The van der Waals surface area contributed by atoms with E-state index in [-0.39, 0.29) is 11.8 Å². The average Bonchev–Trinajstić information content (AvgIpc) is 3.30. The van der Waals surface area contributed by atoms with Crippen molar-refractivity contribution in [1.29, 1.82) is 0 Å². The quantitative estimate of drug-likeness (QED) is 0.393. The molecule has 2 heterocycles. The maximum absolute atomic E-state index is 12.9. The van der Waals surface area contributed by atoms with Gasteiger partial charge in [0.25, 0.3) is 0 Å². The zero-order valence-corrected chi connectivity index (χ0v) is 18.3. The third kappa shape index (κ3) is 3.54. The van der Waals surface area contributed by atoms with Gasteiger partial charge in [0.2, 0.25) is 5.91 Å². The largest absolute Gasteiger partial charge is 0.323 e. The zero-order valence-electron chi connectivity index (χ0n) is 16.8. The van der Waals surface area contributed by atoms with E-state index in [9.17, 15) is 4.79 Å². The van der Waals surface area contributed by atoms with Gasteiger partial charge in [0, 0.05) is 35.6 Å². The van der Waals surface area contributed by atoms with Crippen molar-refractivity contribution < 1.29 is 4.79 Å². The second-order valence-corrected chi connectivity index (χ2v) is 8.83. The summed E-state index contributed by atoms with van der Waals surface area (Å²) in [6.45, 7) is 3.45. The van der Waals surface area contributed by atoms with Gasteiger partial charge in [-0.15, -0.1) is 0 Å². The predicted molar refractivity (Wildman–Crippen MR) is 124 cm³/mol. The molecule has 1 aliphatic rings. The molecule has 5 heteroatoms. The number of nitrogens with zero attached hydrogens (tertiary/aromatic N) is 3. The summed E-state index contributed by atoms with van der Waals surface area (Å²) in [6.07, 6.45) is 0.484. The molecule has 1 unspecified atom stereocenters. The summed E-state index contributed by atoms with van der Waals surface area (Å²) >= 11 is 3.51. The van der Waals surface area contributed by atoms with Gasteiger partial charge in [0.15, 0.2) is 0 Å². The summed E-state index contributed by atoms with van der Waals surface area (Å²) in [5.74, 6) is 1.22. The van der Waals surface area contributed by atoms with E-state index in [1.807, 2.05) is 35.2 Å². The van der Waals surface area contributed by atoms with Crippen molar-refractivity contribution in [3.8, 4) is 0 Å². The Morgan fingerprint density at radius 1 is 1.03 bits per heavy atom. The van der Waals surface area contributed by atoms with Crippen LogP contribution in [0.1, 0.15) is 29.3 Å². The van der Waals surface area contributed by atoms with Gasteiger partial charge in [-0.2, -0.15) is 0 Å². The van der Waals surface area contributed by atoms with E-state index < -0.39 is 0 Å². The van der Waals surface area contributed by atoms with Crippen molar-refractivity contribution in [2.75, 3.05) is 11.4 Å². The lowest BCUT2D eigenvalue weighted by atomic mass is 10.1. The predicted octanol–water partition coefficient (Wildman–Crippen LogP) is 5.68. The van der Waals surface area contributed by atoms with Crippen molar-refractivity contribution in [2.45, 2.75) is 25.8 Å². The van der Waals surface area contributed by atoms with Crippen LogP contribution in [0.2, 0.25) is 0 Å². The summed E-state index contributed by atoms with van der Waals surface area (Å²) in [7, 11) is 0. The van der Waals surface area contributed by atoms with Gasteiger partial charge in [-0.25, -0.2) is 4.98 Å². The first-order chi connectivity index (χ1) is 14.6. The minimum atomic E-state index is 0.0702. The van der Waals surface area contributed by atoms with Crippen LogP contribution in [0.5, 0.6) is 0 Å². The van der Waals surface area contributed by atoms with Crippen molar-refractivity contribution >= 4 is 38.6 Å². The van der Waals surface area contributed by atoms with Crippen LogP contribution in [0, 0.1) is 6.92 Å². The number of para-hydroxylation sites is 2. The van der Waals surface area contributed by atoms with Crippen LogP contribution < -0.4 is 4.90 Å². The number of fused-ring (bicyclic) bond motifs is 1. The lowest BCUT2D eigenvalue weighted by Gasteiger charge is -2.18. The summed E-state index contributed by atoms with van der Waals surface area (Å²) < 4.78 is 3.34. The molecule has 0 bridgehead atoms. The van der Waals surface area contributed by atoms with Gasteiger partial charge in [0.1, 0.15) is 5.82 Å². The Bertz CT molecular complexity index is 1230. The molecule has 0 saturated carbocycles. The third-order valence-electron chi connectivity index (χ3n) is 5.74.